The van der Waals surface area contributed by atoms with Crippen molar-refractivity contribution in [1.82, 2.24) is 0 Å². The molecule has 0 aromatic heterocycles. The van der Waals surface area contributed by atoms with Gasteiger partial charge < -0.3 is 23.7 Å². The largest absolute Gasteiger partial charge is 0.455 e. The average Bonchev–Trinajstić information content (AvgIpc) is 3.04. The minimum Gasteiger partial charge on any atom is -0.455 e. The molecule has 0 spiro atoms. The van der Waals surface area contributed by atoms with E-state index in [9.17, 15) is 4.79 Å². The summed E-state index contributed by atoms with van der Waals surface area (Å²) in [6, 6.07) is 39.9. The molecule has 0 saturated carbocycles. The molecule has 4 atom stereocenters. The van der Waals surface area contributed by atoms with E-state index in [0.717, 1.165) is 27.8 Å². The smallest absolute Gasteiger partial charge is 0.303 e. The quantitative estimate of drug-likeness (QED) is 0.121. The molecule has 43 heavy (non-hydrogen) atoms. The summed E-state index contributed by atoms with van der Waals surface area (Å²) < 4.78 is 31.8. The van der Waals surface area contributed by atoms with Gasteiger partial charge in [0.05, 0.1) is 33.0 Å². The van der Waals surface area contributed by atoms with Gasteiger partial charge >= 0.3 is 5.97 Å². The highest BCUT2D eigenvalue weighted by molar-refractivity contribution is 5.66. The summed E-state index contributed by atoms with van der Waals surface area (Å²) in [5.41, 5.74) is 4.98. The highest BCUT2D eigenvalue weighted by Gasteiger charge is 2.44. The number of esters is 1. The summed E-state index contributed by atoms with van der Waals surface area (Å²) in [4.78, 5) is 12.3. The molecule has 0 saturated heterocycles. The van der Waals surface area contributed by atoms with E-state index in [4.69, 9.17) is 23.7 Å². The normalized spacial score (nSPS) is 19.9. The second kappa shape index (κ2) is 16.0. The van der Waals surface area contributed by atoms with Gasteiger partial charge in [-0.2, -0.15) is 0 Å². The van der Waals surface area contributed by atoms with E-state index in [1.807, 2.05) is 127 Å². The van der Waals surface area contributed by atoms with Crippen LogP contribution in [0.15, 0.2) is 133 Å². The van der Waals surface area contributed by atoms with E-state index in [1.54, 1.807) is 0 Å². The molecule has 0 bridgehead atoms. The maximum atomic E-state index is 12.3. The zero-order valence-corrected chi connectivity index (χ0v) is 24.4. The molecule has 1 aliphatic rings. The van der Waals surface area contributed by atoms with E-state index in [0.29, 0.717) is 26.4 Å². The molecule has 0 radical (unpaired) electrons. The molecule has 4 aromatic carbocycles. The molecular formula is C37H38O6. The van der Waals surface area contributed by atoms with Crippen molar-refractivity contribution in [3.8, 4) is 0 Å². The third kappa shape index (κ3) is 9.21. The molecule has 6 heteroatoms. The number of carbonyl (C=O) groups is 1. The van der Waals surface area contributed by atoms with Crippen molar-refractivity contribution in [2.75, 3.05) is 6.61 Å². The standard InChI is InChI=1S/C37H38O6/c1-28(38)43-34-22-33(27-39-23-29-14-6-2-7-15-29)35(40-24-30-16-8-3-9-17-30)37(42-26-32-20-12-5-13-21-32)36(34)41-25-31-18-10-4-11-19-31/h2-22,34-37H,23-27H2,1H3/t34-,35+,36+,37+/m1/s1. The van der Waals surface area contributed by atoms with Crippen LogP contribution < -0.4 is 0 Å². The lowest BCUT2D eigenvalue weighted by atomic mass is 9.88. The highest BCUT2D eigenvalue weighted by Crippen LogP contribution is 2.32. The molecule has 1 aliphatic carbocycles. The molecule has 5 rings (SSSR count). The molecule has 0 heterocycles. The Morgan fingerprint density at radius 1 is 0.535 bits per heavy atom. The third-order valence-electron chi connectivity index (χ3n) is 7.22. The summed E-state index contributed by atoms with van der Waals surface area (Å²) in [7, 11) is 0. The zero-order chi connectivity index (χ0) is 29.7. The van der Waals surface area contributed by atoms with Gasteiger partial charge in [0.2, 0.25) is 0 Å². The Hall–Kier alpha value is -4.07. The summed E-state index contributed by atoms with van der Waals surface area (Å²) >= 11 is 0. The van der Waals surface area contributed by atoms with Gasteiger partial charge in [-0.3, -0.25) is 4.79 Å². The minimum absolute atomic E-state index is 0.280. The van der Waals surface area contributed by atoms with Crippen LogP contribution in [0.1, 0.15) is 29.2 Å². The maximum Gasteiger partial charge on any atom is 0.303 e. The Morgan fingerprint density at radius 3 is 1.42 bits per heavy atom. The van der Waals surface area contributed by atoms with Crippen LogP contribution in [0.25, 0.3) is 0 Å². The second-order valence-electron chi connectivity index (χ2n) is 10.5. The van der Waals surface area contributed by atoms with Crippen molar-refractivity contribution in [3.63, 3.8) is 0 Å². The molecule has 0 aliphatic heterocycles. The van der Waals surface area contributed by atoms with Gasteiger partial charge in [-0.15, -0.1) is 0 Å². The lowest BCUT2D eigenvalue weighted by molar-refractivity contribution is -0.187. The van der Waals surface area contributed by atoms with Crippen LogP contribution in [0.3, 0.4) is 0 Å². The summed E-state index contributed by atoms with van der Waals surface area (Å²) in [5, 5.41) is 0. The fourth-order valence-electron chi connectivity index (χ4n) is 5.12. The Morgan fingerprint density at radius 2 is 0.953 bits per heavy atom. The predicted octanol–water partition coefficient (Wildman–Crippen LogP) is 6.83. The molecule has 0 unspecified atom stereocenters. The van der Waals surface area contributed by atoms with Crippen LogP contribution in [-0.2, 0) is 54.9 Å². The number of benzene rings is 4. The van der Waals surface area contributed by atoms with E-state index in [1.165, 1.54) is 6.92 Å². The Bertz CT molecular complexity index is 1410. The molecule has 0 amide bonds. The van der Waals surface area contributed by atoms with Crippen LogP contribution in [0.2, 0.25) is 0 Å². The molecule has 222 valence electrons. The van der Waals surface area contributed by atoms with Crippen molar-refractivity contribution >= 4 is 5.97 Å². The topological polar surface area (TPSA) is 63.2 Å². The first kappa shape index (κ1) is 30.4. The van der Waals surface area contributed by atoms with E-state index < -0.39 is 30.4 Å². The van der Waals surface area contributed by atoms with Crippen LogP contribution in [0.5, 0.6) is 0 Å². The first-order valence-corrected chi connectivity index (χ1v) is 14.6. The first-order chi connectivity index (χ1) is 21.2. The van der Waals surface area contributed by atoms with Gasteiger partial charge in [0, 0.05) is 6.92 Å². The molecule has 0 fully saturated rings. The monoisotopic (exact) mass is 578 g/mol. The van der Waals surface area contributed by atoms with Crippen molar-refractivity contribution in [2.45, 2.75) is 57.8 Å². The zero-order valence-electron chi connectivity index (χ0n) is 24.4. The molecule has 4 aromatic rings. The van der Waals surface area contributed by atoms with Gasteiger partial charge in [0.25, 0.3) is 0 Å². The SMILES string of the molecule is CC(=O)O[C@@H]1C=C(COCc2ccccc2)[C@H](OCc2ccccc2)[C@H](OCc2ccccc2)[C@H]1OCc1ccccc1. The number of hydrogen-bond donors (Lipinski definition) is 0. The van der Waals surface area contributed by atoms with Crippen molar-refractivity contribution in [2.24, 2.45) is 0 Å². The predicted molar refractivity (Wildman–Crippen MR) is 165 cm³/mol. The summed E-state index contributed by atoms with van der Waals surface area (Å²) in [5.74, 6) is -0.399. The molecular weight excluding hydrogens is 540 g/mol. The Kier molecular flexibility index (Phi) is 11.3. The lowest BCUT2D eigenvalue weighted by Gasteiger charge is -2.41. The van der Waals surface area contributed by atoms with E-state index in [-0.39, 0.29) is 6.61 Å². The van der Waals surface area contributed by atoms with Crippen LogP contribution in [-0.4, -0.2) is 37.0 Å². The fourth-order valence-corrected chi connectivity index (χ4v) is 5.12. The summed E-state index contributed by atoms with van der Waals surface area (Å²) in [6.07, 6.45) is -0.481. The average molecular weight is 579 g/mol. The lowest BCUT2D eigenvalue weighted by Crippen LogP contribution is -2.53. The number of rotatable bonds is 14. The van der Waals surface area contributed by atoms with E-state index >= 15 is 0 Å². The van der Waals surface area contributed by atoms with Crippen LogP contribution in [0, 0.1) is 0 Å². The van der Waals surface area contributed by atoms with Crippen molar-refractivity contribution in [3.05, 3.63) is 155 Å². The van der Waals surface area contributed by atoms with Gasteiger partial charge in [0.15, 0.2) is 0 Å². The summed E-state index contributed by atoms with van der Waals surface area (Å²) in [6.45, 7) is 3.16. The third-order valence-corrected chi connectivity index (χ3v) is 7.22. The van der Waals surface area contributed by atoms with Crippen molar-refractivity contribution in [1.29, 1.82) is 0 Å². The van der Waals surface area contributed by atoms with Gasteiger partial charge in [-0.05, 0) is 33.9 Å². The van der Waals surface area contributed by atoms with Crippen LogP contribution in [0.4, 0.5) is 0 Å². The van der Waals surface area contributed by atoms with E-state index in [2.05, 4.69) is 0 Å². The second-order valence-corrected chi connectivity index (χ2v) is 10.5. The fraction of sp³-hybridized carbons (Fsp3) is 0.270. The van der Waals surface area contributed by atoms with Crippen molar-refractivity contribution < 1.29 is 28.5 Å². The van der Waals surface area contributed by atoms with Crippen LogP contribution >= 0.6 is 0 Å². The molecule has 6 nitrogen and oxygen atoms in total. The van der Waals surface area contributed by atoms with Gasteiger partial charge in [-0.25, -0.2) is 0 Å². The Balaban J connectivity index is 1.45. The van der Waals surface area contributed by atoms with Gasteiger partial charge in [0.1, 0.15) is 24.4 Å². The number of carbonyl (C=O) groups excluding carboxylic acids is 1. The maximum absolute atomic E-state index is 12.3. The number of ether oxygens (including phenoxy) is 5. The number of hydrogen-bond acceptors (Lipinski definition) is 6. The molecule has 0 N–H and O–H groups in total. The first-order valence-electron chi connectivity index (χ1n) is 14.6. The van der Waals surface area contributed by atoms with Gasteiger partial charge in [-0.1, -0.05) is 121 Å². The minimum atomic E-state index is -0.686. The Labute approximate surface area is 253 Å². The highest BCUT2D eigenvalue weighted by atomic mass is 16.6.